The molecule has 25 heavy (non-hydrogen) atoms. The minimum Gasteiger partial charge on any atom is -0.321 e. The monoisotopic (exact) mass is 482 g/mol. The number of rotatable bonds is 4. The second-order valence-electron chi connectivity index (χ2n) is 5.31. The van der Waals surface area contributed by atoms with Gasteiger partial charge in [0.05, 0.1) is 18.0 Å². The number of halogens is 2. The van der Waals surface area contributed by atoms with Gasteiger partial charge in [0, 0.05) is 14.5 Å². The van der Waals surface area contributed by atoms with E-state index in [9.17, 15) is 14.4 Å². The number of hydrogen-bond donors (Lipinski definition) is 1. The molecule has 3 rings (SSSR count). The summed E-state index contributed by atoms with van der Waals surface area (Å²) in [6, 6.07) is 12.4. The molecule has 0 saturated carbocycles. The van der Waals surface area contributed by atoms with Crippen LogP contribution < -0.4 is 5.32 Å². The first-order valence-corrected chi connectivity index (χ1v) is 9.83. The van der Waals surface area contributed by atoms with Crippen molar-refractivity contribution in [1.29, 1.82) is 0 Å². The molecule has 0 atom stereocenters. The standard InChI is InChI=1S/C17H12Br2N2O3S/c18-12-4-5-14(13(19)7-12)20-16(23)11-3-1-2-10(6-11)8-21-15(22)9-25-17(21)24/h1-7H,8-9H2,(H,20,23). The fourth-order valence-electron chi connectivity index (χ4n) is 2.31. The molecule has 1 aliphatic rings. The van der Waals surface area contributed by atoms with E-state index in [-0.39, 0.29) is 29.4 Å². The van der Waals surface area contributed by atoms with E-state index in [1.807, 2.05) is 12.1 Å². The van der Waals surface area contributed by atoms with Gasteiger partial charge in [-0.3, -0.25) is 19.3 Å². The van der Waals surface area contributed by atoms with Crippen molar-refractivity contribution in [3.8, 4) is 0 Å². The summed E-state index contributed by atoms with van der Waals surface area (Å²) in [6.45, 7) is 0.174. The second kappa shape index (κ2) is 7.72. The van der Waals surface area contributed by atoms with Crippen LogP contribution in [0.25, 0.3) is 0 Å². The Balaban J connectivity index is 1.75. The normalized spacial score (nSPS) is 14.1. The maximum atomic E-state index is 12.5. The maximum absolute atomic E-state index is 12.5. The summed E-state index contributed by atoms with van der Waals surface area (Å²) in [5, 5.41) is 2.58. The molecule has 0 aromatic heterocycles. The average molecular weight is 484 g/mol. The first kappa shape index (κ1) is 18.2. The molecule has 0 spiro atoms. The fraction of sp³-hybridized carbons (Fsp3) is 0.118. The predicted molar refractivity (Wildman–Crippen MR) is 105 cm³/mol. The number of imide groups is 1. The fourth-order valence-corrected chi connectivity index (χ4v) is 4.18. The van der Waals surface area contributed by atoms with Crippen molar-refractivity contribution in [2.75, 3.05) is 11.1 Å². The Bertz CT molecular complexity index is 857. The highest BCUT2D eigenvalue weighted by Crippen LogP contribution is 2.27. The summed E-state index contributed by atoms with van der Waals surface area (Å²) in [7, 11) is 0. The van der Waals surface area contributed by atoms with Gasteiger partial charge in [-0.15, -0.1) is 0 Å². The van der Waals surface area contributed by atoms with Gasteiger partial charge in [0.2, 0.25) is 5.91 Å². The summed E-state index contributed by atoms with van der Waals surface area (Å²) >= 11 is 7.77. The van der Waals surface area contributed by atoms with Crippen molar-refractivity contribution >= 4 is 66.4 Å². The molecule has 2 aromatic rings. The Kier molecular flexibility index (Phi) is 5.61. The van der Waals surface area contributed by atoms with E-state index in [1.165, 1.54) is 4.90 Å². The summed E-state index contributed by atoms with van der Waals surface area (Å²) in [5.41, 5.74) is 1.84. The lowest BCUT2D eigenvalue weighted by atomic mass is 10.1. The topological polar surface area (TPSA) is 66.5 Å². The van der Waals surface area contributed by atoms with E-state index >= 15 is 0 Å². The Morgan fingerprint density at radius 2 is 1.96 bits per heavy atom. The summed E-state index contributed by atoms with van der Waals surface area (Å²) in [6.07, 6.45) is 0. The number of amides is 3. The number of thioether (sulfide) groups is 1. The van der Waals surface area contributed by atoms with Crippen LogP contribution in [0.5, 0.6) is 0 Å². The van der Waals surface area contributed by atoms with Crippen molar-refractivity contribution in [1.82, 2.24) is 4.90 Å². The Labute approximate surface area is 165 Å². The molecular weight excluding hydrogens is 472 g/mol. The van der Waals surface area contributed by atoms with E-state index in [2.05, 4.69) is 37.2 Å². The molecule has 2 aromatic carbocycles. The maximum Gasteiger partial charge on any atom is 0.289 e. The van der Waals surface area contributed by atoms with E-state index < -0.39 is 0 Å². The number of nitrogens with one attached hydrogen (secondary N) is 1. The largest absolute Gasteiger partial charge is 0.321 e. The van der Waals surface area contributed by atoms with Crippen LogP contribution in [-0.2, 0) is 11.3 Å². The molecule has 8 heteroatoms. The molecule has 0 aliphatic carbocycles. The number of anilines is 1. The molecule has 128 valence electrons. The van der Waals surface area contributed by atoms with Crippen LogP contribution in [0.2, 0.25) is 0 Å². The Morgan fingerprint density at radius 3 is 2.64 bits per heavy atom. The van der Waals surface area contributed by atoms with E-state index in [0.717, 1.165) is 26.3 Å². The van der Waals surface area contributed by atoms with E-state index in [4.69, 9.17) is 0 Å². The summed E-state index contributed by atoms with van der Waals surface area (Å²) in [5.74, 6) is -0.293. The smallest absolute Gasteiger partial charge is 0.289 e. The van der Waals surface area contributed by atoms with Crippen LogP contribution in [0.4, 0.5) is 10.5 Å². The van der Waals surface area contributed by atoms with Gasteiger partial charge in [-0.1, -0.05) is 39.8 Å². The summed E-state index contributed by atoms with van der Waals surface area (Å²) in [4.78, 5) is 37.1. The van der Waals surface area contributed by atoms with Gasteiger partial charge >= 0.3 is 0 Å². The highest BCUT2D eigenvalue weighted by Gasteiger charge is 2.29. The number of hydrogen-bond acceptors (Lipinski definition) is 4. The van der Waals surface area contributed by atoms with Gasteiger partial charge in [0.15, 0.2) is 0 Å². The Morgan fingerprint density at radius 1 is 1.16 bits per heavy atom. The average Bonchev–Trinajstić information content (AvgIpc) is 2.89. The van der Waals surface area contributed by atoms with E-state index in [0.29, 0.717) is 11.3 Å². The molecule has 5 nitrogen and oxygen atoms in total. The molecule has 1 aliphatic heterocycles. The van der Waals surface area contributed by atoms with Crippen molar-refractivity contribution < 1.29 is 14.4 Å². The summed E-state index contributed by atoms with van der Waals surface area (Å²) < 4.78 is 1.66. The van der Waals surface area contributed by atoms with Crippen LogP contribution in [0.15, 0.2) is 51.4 Å². The molecule has 0 bridgehead atoms. The molecule has 1 fully saturated rings. The first-order valence-electron chi connectivity index (χ1n) is 7.26. The quantitative estimate of drug-likeness (QED) is 0.686. The van der Waals surface area contributed by atoms with Gasteiger partial charge in [-0.2, -0.15) is 0 Å². The van der Waals surface area contributed by atoms with Gasteiger partial charge in [-0.25, -0.2) is 0 Å². The van der Waals surface area contributed by atoms with Crippen LogP contribution in [0.1, 0.15) is 15.9 Å². The van der Waals surface area contributed by atoms with Crippen LogP contribution >= 0.6 is 43.6 Å². The third-order valence-corrected chi connectivity index (χ3v) is 5.56. The highest BCUT2D eigenvalue weighted by atomic mass is 79.9. The zero-order valence-electron chi connectivity index (χ0n) is 12.8. The minimum atomic E-state index is -0.265. The second-order valence-corrected chi connectivity index (χ2v) is 8.01. The van der Waals surface area contributed by atoms with Crippen molar-refractivity contribution in [2.45, 2.75) is 6.54 Å². The van der Waals surface area contributed by atoms with E-state index in [1.54, 1.807) is 30.3 Å². The van der Waals surface area contributed by atoms with Crippen LogP contribution in [-0.4, -0.2) is 27.7 Å². The highest BCUT2D eigenvalue weighted by molar-refractivity contribution is 9.11. The number of nitrogens with zero attached hydrogens (tertiary/aromatic N) is 1. The van der Waals surface area contributed by atoms with Gasteiger partial charge < -0.3 is 5.32 Å². The third-order valence-electron chi connectivity index (χ3n) is 3.55. The van der Waals surface area contributed by atoms with Gasteiger partial charge in [-0.05, 0) is 51.8 Å². The third kappa shape index (κ3) is 4.31. The molecule has 1 heterocycles. The SMILES string of the molecule is O=C(Nc1ccc(Br)cc1Br)c1cccc(CN2C(=O)CSC2=O)c1. The number of carbonyl (C=O) groups excluding carboxylic acids is 3. The van der Waals surface area contributed by atoms with Crippen LogP contribution in [0.3, 0.4) is 0 Å². The molecular formula is C17H12Br2N2O3S. The number of benzene rings is 2. The minimum absolute atomic E-state index is 0.174. The zero-order chi connectivity index (χ0) is 18.0. The number of carbonyl (C=O) groups is 3. The van der Waals surface area contributed by atoms with Crippen molar-refractivity contribution in [2.24, 2.45) is 0 Å². The molecule has 1 N–H and O–H groups in total. The first-order chi connectivity index (χ1) is 11.9. The lowest BCUT2D eigenvalue weighted by Crippen LogP contribution is -2.28. The van der Waals surface area contributed by atoms with Crippen LogP contribution in [0, 0.1) is 0 Å². The van der Waals surface area contributed by atoms with Crippen molar-refractivity contribution in [3.63, 3.8) is 0 Å². The predicted octanol–water partition coefficient (Wildman–Crippen LogP) is 4.66. The van der Waals surface area contributed by atoms with Crippen molar-refractivity contribution in [3.05, 3.63) is 62.5 Å². The lowest BCUT2D eigenvalue weighted by Gasteiger charge is -2.13. The zero-order valence-corrected chi connectivity index (χ0v) is 16.8. The van der Waals surface area contributed by atoms with Gasteiger partial charge in [0.25, 0.3) is 11.1 Å². The molecule has 1 saturated heterocycles. The molecule has 0 unspecified atom stereocenters. The van der Waals surface area contributed by atoms with Gasteiger partial charge in [0.1, 0.15) is 0 Å². The molecule has 0 radical (unpaired) electrons. The molecule has 3 amide bonds. The Hall–Kier alpha value is -1.64. The lowest BCUT2D eigenvalue weighted by molar-refractivity contribution is -0.125.